The van der Waals surface area contributed by atoms with Crippen LogP contribution >= 0.6 is 11.6 Å². The number of rotatable bonds is 4. The third-order valence-corrected chi connectivity index (χ3v) is 5.84. The van der Waals surface area contributed by atoms with Crippen LogP contribution < -0.4 is 10.1 Å². The predicted octanol–water partition coefficient (Wildman–Crippen LogP) is 3.74. The maximum Gasteiger partial charge on any atom is 0.251 e. The van der Waals surface area contributed by atoms with E-state index >= 15 is 0 Å². The van der Waals surface area contributed by atoms with Crippen molar-refractivity contribution in [2.75, 3.05) is 13.1 Å². The molecule has 136 valence electrons. The third-order valence-electron chi connectivity index (χ3n) is 5.56. The molecule has 1 aromatic heterocycles. The van der Waals surface area contributed by atoms with E-state index in [0.717, 1.165) is 13.1 Å². The van der Waals surface area contributed by atoms with Gasteiger partial charge in [-0.3, -0.25) is 14.7 Å². The van der Waals surface area contributed by atoms with Crippen LogP contribution in [0.5, 0.6) is 11.5 Å². The summed E-state index contributed by atoms with van der Waals surface area (Å²) in [5, 5.41) is 3.69. The molecule has 3 aliphatic heterocycles. The fourth-order valence-electron chi connectivity index (χ4n) is 4.03. The molecule has 0 saturated carbocycles. The van der Waals surface area contributed by atoms with Crippen LogP contribution in [0.3, 0.4) is 0 Å². The van der Waals surface area contributed by atoms with Gasteiger partial charge >= 0.3 is 0 Å². The number of carbonyl (C=O) groups excluding carboxylic acids is 1. The van der Waals surface area contributed by atoms with Crippen molar-refractivity contribution in [1.29, 1.82) is 0 Å². The summed E-state index contributed by atoms with van der Waals surface area (Å²) < 4.78 is 5.74. The maximum absolute atomic E-state index is 12.7. The molecule has 2 bridgehead atoms. The zero-order valence-corrected chi connectivity index (χ0v) is 15.4. The second kappa shape index (κ2) is 7.25. The van der Waals surface area contributed by atoms with E-state index in [0.29, 0.717) is 34.0 Å². The number of halogens is 1. The van der Waals surface area contributed by atoms with Gasteiger partial charge in [0.25, 0.3) is 5.91 Å². The maximum atomic E-state index is 12.7. The highest BCUT2D eigenvalue weighted by molar-refractivity contribution is 6.31. The second-order valence-corrected chi connectivity index (χ2v) is 7.45. The number of aromatic nitrogens is 1. The van der Waals surface area contributed by atoms with E-state index in [9.17, 15) is 4.79 Å². The van der Waals surface area contributed by atoms with Crippen molar-refractivity contribution in [3.63, 3.8) is 0 Å². The van der Waals surface area contributed by atoms with Crippen LogP contribution in [-0.4, -0.2) is 41.0 Å². The average Bonchev–Trinajstić information content (AvgIpc) is 2.67. The Bertz CT molecular complexity index is 786. The van der Waals surface area contributed by atoms with E-state index in [1.165, 1.54) is 19.0 Å². The van der Waals surface area contributed by atoms with Gasteiger partial charge in [-0.15, -0.1) is 0 Å². The van der Waals surface area contributed by atoms with Gasteiger partial charge in [0.1, 0.15) is 16.5 Å². The summed E-state index contributed by atoms with van der Waals surface area (Å²) >= 11 is 6.05. The number of carbonyl (C=O) groups is 1. The SMILES string of the molecule is CC1C(NC(=O)c2ccc(Oc3ccncc3Cl)cc2)C2CCN1CC2. The predicted molar refractivity (Wildman–Crippen MR) is 101 cm³/mol. The zero-order chi connectivity index (χ0) is 18.1. The highest BCUT2D eigenvalue weighted by atomic mass is 35.5. The molecule has 0 radical (unpaired) electrons. The molecule has 3 saturated heterocycles. The number of benzene rings is 1. The summed E-state index contributed by atoms with van der Waals surface area (Å²) in [5.74, 6) is 1.74. The normalized spacial score (nSPS) is 27.2. The average molecular weight is 372 g/mol. The number of fused-ring (bicyclic) bond motifs is 3. The first-order chi connectivity index (χ1) is 12.6. The van der Waals surface area contributed by atoms with Crippen molar-refractivity contribution in [3.05, 3.63) is 53.3 Å². The van der Waals surface area contributed by atoms with E-state index in [-0.39, 0.29) is 11.9 Å². The molecule has 0 spiro atoms. The largest absolute Gasteiger partial charge is 0.456 e. The van der Waals surface area contributed by atoms with Gasteiger partial charge in [0.15, 0.2) is 0 Å². The van der Waals surface area contributed by atoms with Crippen LogP contribution in [0.15, 0.2) is 42.7 Å². The number of hydrogen-bond donors (Lipinski definition) is 1. The van der Waals surface area contributed by atoms with Crippen molar-refractivity contribution in [2.24, 2.45) is 5.92 Å². The van der Waals surface area contributed by atoms with Gasteiger partial charge in [-0.1, -0.05) is 11.6 Å². The van der Waals surface area contributed by atoms with Crippen molar-refractivity contribution in [1.82, 2.24) is 15.2 Å². The summed E-state index contributed by atoms with van der Waals surface area (Å²) in [4.78, 5) is 19.1. The molecule has 5 nitrogen and oxygen atoms in total. The van der Waals surface area contributed by atoms with Gasteiger partial charge < -0.3 is 10.1 Å². The standard InChI is InChI=1S/C20H22ClN3O2/c1-13-19(14-7-10-24(13)11-8-14)23-20(25)15-2-4-16(5-3-15)26-18-6-9-22-12-17(18)21/h2-6,9,12-14,19H,7-8,10-11H2,1H3,(H,23,25). The Hall–Kier alpha value is -2.11. The zero-order valence-electron chi connectivity index (χ0n) is 14.7. The number of amides is 1. The highest BCUT2D eigenvalue weighted by Crippen LogP contribution is 2.32. The molecule has 2 unspecified atom stereocenters. The Morgan fingerprint density at radius 2 is 1.96 bits per heavy atom. The summed E-state index contributed by atoms with van der Waals surface area (Å²) in [6.45, 7) is 4.52. The molecule has 1 aromatic carbocycles. The van der Waals surface area contributed by atoms with Gasteiger partial charge in [-0.25, -0.2) is 0 Å². The van der Waals surface area contributed by atoms with Gasteiger partial charge in [-0.2, -0.15) is 0 Å². The van der Waals surface area contributed by atoms with E-state index in [2.05, 4.69) is 22.1 Å². The Kier molecular flexibility index (Phi) is 4.83. The lowest BCUT2D eigenvalue weighted by Crippen LogP contribution is -2.62. The first kappa shape index (κ1) is 17.3. The summed E-state index contributed by atoms with van der Waals surface area (Å²) in [7, 11) is 0. The molecule has 5 rings (SSSR count). The lowest BCUT2D eigenvalue weighted by molar-refractivity contribution is 0.0217. The molecule has 4 heterocycles. The molecule has 1 amide bonds. The molecule has 3 aliphatic rings. The van der Waals surface area contributed by atoms with Crippen LogP contribution in [0.4, 0.5) is 0 Å². The van der Waals surface area contributed by atoms with Crippen molar-refractivity contribution >= 4 is 17.5 Å². The van der Waals surface area contributed by atoms with Gasteiger partial charge in [-0.05, 0) is 63.0 Å². The number of hydrogen-bond acceptors (Lipinski definition) is 4. The molecular weight excluding hydrogens is 350 g/mol. The highest BCUT2D eigenvalue weighted by Gasteiger charge is 2.40. The van der Waals surface area contributed by atoms with Crippen molar-refractivity contribution in [3.8, 4) is 11.5 Å². The topological polar surface area (TPSA) is 54.5 Å². The molecule has 1 N–H and O–H groups in total. The van der Waals surface area contributed by atoms with Gasteiger partial charge in [0, 0.05) is 36.1 Å². The smallest absolute Gasteiger partial charge is 0.251 e. The van der Waals surface area contributed by atoms with E-state index in [1.54, 1.807) is 36.5 Å². The first-order valence-electron chi connectivity index (χ1n) is 9.04. The lowest BCUT2D eigenvalue weighted by atomic mass is 9.79. The van der Waals surface area contributed by atoms with E-state index < -0.39 is 0 Å². The molecule has 6 heteroatoms. The fraction of sp³-hybridized carbons (Fsp3) is 0.400. The minimum atomic E-state index is -0.0240. The van der Waals surface area contributed by atoms with E-state index in [1.807, 2.05) is 0 Å². The Balaban J connectivity index is 1.42. The molecule has 3 fully saturated rings. The second-order valence-electron chi connectivity index (χ2n) is 7.05. The molecule has 26 heavy (non-hydrogen) atoms. The van der Waals surface area contributed by atoms with Crippen LogP contribution in [-0.2, 0) is 0 Å². The van der Waals surface area contributed by atoms with Crippen molar-refractivity contribution in [2.45, 2.75) is 31.8 Å². The summed E-state index contributed by atoms with van der Waals surface area (Å²) in [5.41, 5.74) is 0.641. The summed E-state index contributed by atoms with van der Waals surface area (Å²) in [6.07, 6.45) is 5.51. The number of piperidine rings is 3. The lowest BCUT2D eigenvalue weighted by Gasteiger charge is -2.49. The third kappa shape index (κ3) is 3.41. The van der Waals surface area contributed by atoms with Crippen LogP contribution in [0, 0.1) is 5.92 Å². The fourth-order valence-corrected chi connectivity index (χ4v) is 4.18. The Labute approximate surface area is 158 Å². The minimum absolute atomic E-state index is 0.0240. The first-order valence-corrected chi connectivity index (χ1v) is 9.42. The molecule has 0 aliphatic carbocycles. The van der Waals surface area contributed by atoms with Gasteiger partial charge in [0.05, 0.1) is 0 Å². The minimum Gasteiger partial charge on any atom is -0.456 e. The molecule has 2 atom stereocenters. The Morgan fingerprint density at radius 1 is 1.23 bits per heavy atom. The number of nitrogens with one attached hydrogen (secondary N) is 1. The van der Waals surface area contributed by atoms with Crippen LogP contribution in [0.1, 0.15) is 30.1 Å². The number of pyridine rings is 1. The van der Waals surface area contributed by atoms with Crippen LogP contribution in [0.2, 0.25) is 5.02 Å². The number of ether oxygens (including phenoxy) is 1. The van der Waals surface area contributed by atoms with Crippen molar-refractivity contribution < 1.29 is 9.53 Å². The molecule has 2 aromatic rings. The molecular formula is C20H22ClN3O2. The quantitative estimate of drug-likeness (QED) is 0.889. The summed E-state index contributed by atoms with van der Waals surface area (Å²) in [6, 6.07) is 9.48. The van der Waals surface area contributed by atoms with E-state index in [4.69, 9.17) is 16.3 Å². The number of nitrogens with zero attached hydrogens (tertiary/aromatic N) is 2. The van der Waals surface area contributed by atoms with Gasteiger partial charge in [0.2, 0.25) is 0 Å². The Morgan fingerprint density at radius 3 is 2.62 bits per heavy atom. The monoisotopic (exact) mass is 371 g/mol. The van der Waals surface area contributed by atoms with Crippen LogP contribution in [0.25, 0.3) is 0 Å².